The number of rotatable bonds is 6. The molecule has 1 rings (SSSR count). The molecule has 0 aromatic heterocycles. The van der Waals surface area contributed by atoms with Gasteiger partial charge in [0.25, 0.3) is 0 Å². The van der Waals surface area contributed by atoms with Gasteiger partial charge in [-0.05, 0) is 26.8 Å². The summed E-state index contributed by atoms with van der Waals surface area (Å²) in [6.45, 7) is 3.85. The predicted octanol–water partition coefficient (Wildman–Crippen LogP) is 1.65. The standard InChI is InChI=1S/C12H25NO2/c1-3-15-10-12(14)9-13(2)11-7-5-4-6-8-11/h11-12,14H,3-10H2,1-2H3. The lowest BCUT2D eigenvalue weighted by Gasteiger charge is -2.32. The minimum absolute atomic E-state index is 0.336. The largest absolute Gasteiger partial charge is 0.389 e. The second kappa shape index (κ2) is 7.20. The molecule has 0 heterocycles. The van der Waals surface area contributed by atoms with Crippen molar-refractivity contribution in [1.29, 1.82) is 0 Å². The quantitative estimate of drug-likeness (QED) is 0.731. The first-order valence-electron chi connectivity index (χ1n) is 6.20. The van der Waals surface area contributed by atoms with E-state index in [-0.39, 0.29) is 6.10 Å². The molecule has 1 unspecified atom stereocenters. The van der Waals surface area contributed by atoms with Crippen LogP contribution in [0, 0.1) is 0 Å². The molecule has 90 valence electrons. The van der Waals surface area contributed by atoms with Crippen LogP contribution >= 0.6 is 0 Å². The van der Waals surface area contributed by atoms with E-state index in [0.717, 1.165) is 6.54 Å². The van der Waals surface area contributed by atoms with Crippen molar-refractivity contribution in [3.63, 3.8) is 0 Å². The van der Waals surface area contributed by atoms with Crippen LogP contribution in [0.5, 0.6) is 0 Å². The predicted molar refractivity (Wildman–Crippen MR) is 62.0 cm³/mol. The third-order valence-electron chi connectivity index (χ3n) is 3.21. The second-order valence-corrected chi connectivity index (χ2v) is 4.54. The Bertz CT molecular complexity index is 158. The Labute approximate surface area is 93.4 Å². The highest BCUT2D eigenvalue weighted by Gasteiger charge is 2.19. The number of aliphatic hydroxyl groups excluding tert-OH is 1. The summed E-state index contributed by atoms with van der Waals surface area (Å²) in [6.07, 6.45) is 6.31. The Morgan fingerprint density at radius 2 is 2.00 bits per heavy atom. The molecule has 0 radical (unpaired) electrons. The molecule has 3 nitrogen and oxygen atoms in total. The normalized spacial score (nSPS) is 20.8. The van der Waals surface area contributed by atoms with E-state index in [1.165, 1.54) is 32.1 Å². The van der Waals surface area contributed by atoms with Gasteiger partial charge in [0, 0.05) is 19.2 Å². The van der Waals surface area contributed by atoms with Gasteiger partial charge in [0.15, 0.2) is 0 Å². The van der Waals surface area contributed by atoms with Crippen LogP contribution in [0.1, 0.15) is 39.0 Å². The third kappa shape index (κ3) is 4.96. The van der Waals surface area contributed by atoms with E-state index in [9.17, 15) is 5.11 Å². The summed E-state index contributed by atoms with van der Waals surface area (Å²) in [4.78, 5) is 2.29. The van der Waals surface area contributed by atoms with Gasteiger partial charge in [-0.2, -0.15) is 0 Å². The maximum atomic E-state index is 9.71. The van der Waals surface area contributed by atoms with E-state index in [1.54, 1.807) is 0 Å². The first kappa shape index (κ1) is 12.9. The second-order valence-electron chi connectivity index (χ2n) is 4.54. The highest BCUT2D eigenvalue weighted by molar-refractivity contribution is 4.75. The smallest absolute Gasteiger partial charge is 0.0900 e. The van der Waals surface area contributed by atoms with Crippen molar-refractivity contribution in [2.45, 2.75) is 51.2 Å². The molecule has 1 fully saturated rings. The van der Waals surface area contributed by atoms with Crippen LogP contribution < -0.4 is 0 Å². The minimum Gasteiger partial charge on any atom is -0.389 e. The Morgan fingerprint density at radius 1 is 1.33 bits per heavy atom. The highest BCUT2D eigenvalue weighted by atomic mass is 16.5. The molecule has 0 saturated heterocycles. The zero-order chi connectivity index (χ0) is 11.1. The van der Waals surface area contributed by atoms with Crippen molar-refractivity contribution in [3.8, 4) is 0 Å². The number of likely N-dealkylation sites (N-methyl/N-ethyl adjacent to an activating group) is 1. The molecule has 1 aliphatic rings. The van der Waals surface area contributed by atoms with E-state index >= 15 is 0 Å². The van der Waals surface area contributed by atoms with Crippen molar-refractivity contribution in [2.75, 3.05) is 26.8 Å². The van der Waals surface area contributed by atoms with Gasteiger partial charge in [-0.3, -0.25) is 0 Å². The molecule has 1 N–H and O–H groups in total. The number of hydrogen-bond donors (Lipinski definition) is 1. The van der Waals surface area contributed by atoms with Crippen LogP contribution in [0.15, 0.2) is 0 Å². The SMILES string of the molecule is CCOCC(O)CN(C)C1CCCCC1. The molecule has 0 bridgehead atoms. The monoisotopic (exact) mass is 215 g/mol. The van der Waals surface area contributed by atoms with E-state index in [4.69, 9.17) is 4.74 Å². The summed E-state index contributed by atoms with van der Waals surface area (Å²) in [6, 6.07) is 0.676. The Hall–Kier alpha value is -0.120. The topological polar surface area (TPSA) is 32.7 Å². The zero-order valence-electron chi connectivity index (χ0n) is 10.1. The maximum absolute atomic E-state index is 9.71. The van der Waals surface area contributed by atoms with Gasteiger partial charge in [0.1, 0.15) is 0 Å². The summed E-state index contributed by atoms with van der Waals surface area (Å²) >= 11 is 0. The summed E-state index contributed by atoms with van der Waals surface area (Å²) in [5.74, 6) is 0. The van der Waals surface area contributed by atoms with Gasteiger partial charge in [-0.25, -0.2) is 0 Å². The molecular formula is C12H25NO2. The van der Waals surface area contributed by atoms with Crippen LogP contribution in [0.2, 0.25) is 0 Å². The number of nitrogens with zero attached hydrogens (tertiary/aromatic N) is 1. The van der Waals surface area contributed by atoms with Crippen LogP contribution in [-0.4, -0.2) is 49.0 Å². The fourth-order valence-corrected chi connectivity index (χ4v) is 2.31. The van der Waals surface area contributed by atoms with Crippen molar-refractivity contribution < 1.29 is 9.84 Å². The van der Waals surface area contributed by atoms with E-state index in [2.05, 4.69) is 11.9 Å². The average molecular weight is 215 g/mol. The van der Waals surface area contributed by atoms with Crippen LogP contribution in [-0.2, 0) is 4.74 Å². The van der Waals surface area contributed by atoms with Crippen LogP contribution in [0.3, 0.4) is 0 Å². The fourth-order valence-electron chi connectivity index (χ4n) is 2.31. The lowest BCUT2D eigenvalue weighted by Crippen LogP contribution is -2.40. The van der Waals surface area contributed by atoms with Crippen molar-refractivity contribution in [1.82, 2.24) is 4.90 Å². The zero-order valence-corrected chi connectivity index (χ0v) is 10.1. The number of hydrogen-bond acceptors (Lipinski definition) is 3. The molecule has 0 aromatic rings. The molecule has 0 aliphatic heterocycles. The van der Waals surface area contributed by atoms with E-state index < -0.39 is 0 Å². The first-order valence-corrected chi connectivity index (χ1v) is 6.20. The molecule has 0 aromatic carbocycles. The third-order valence-corrected chi connectivity index (χ3v) is 3.21. The van der Waals surface area contributed by atoms with Gasteiger partial charge in [0.2, 0.25) is 0 Å². The molecule has 3 heteroatoms. The van der Waals surface area contributed by atoms with Crippen molar-refractivity contribution in [2.24, 2.45) is 0 Å². The minimum atomic E-state index is -0.336. The molecule has 1 atom stereocenters. The lowest BCUT2D eigenvalue weighted by atomic mass is 9.94. The van der Waals surface area contributed by atoms with E-state index in [0.29, 0.717) is 19.3 Å². The van der Waals surface area contributed by atoms with Gasteiger partial charge in [0.05, 0.1) is 12.7 Å². The Kier molecular flexibility index (Phi) is 6.22. The molecule has 1 saturated carbocycles. The summed E-state index contributed by atoms with van der Waals surface area (Å²) in [7, 11) is 2.12. The lowest BCUT2D eigenvalue weighted by molar-refractivity contribution is 0.0151. The molecular weight excluding hydrogens is 190 g/mol. The van der Waals surface area contributed by atoms with Crippen LogP contribution in [0.4, 0.5) is 0 Å². The van der Waals surface area contributed by atoms with Gasteiger partial charge >= 0.3 is 0 Å². The Morgan fingerprint density at radius 3 is 2.60 bits per heavy atom. The molecule has 15 heavy (non-hydrogen) atoms. The number of aliphatic hydroxyl groups is 1. The molecule has 1 aliphatic carbocycles. The number of ether oxygens (including phenoxy) is 1. The van der Waals surface area contributed by atoms with Crippen LogP contribution in [0.25, 0.3) is 0 Å². The first-order chi connectivity index (χ1) is 7.24. The van der Waals surface area contributed by atoms with Gasteiger partial charge in [-0.15, -0.1) is 0 Å². The van der Waals surface area contributed by atoms with Gasteiger partial charge < -0.3 is 14.7 Å². The van der Waals surface area contributed by atoms with E-state index in [1.807, 2.05) is 6.92 Å². The maximum Gasteiger partial charge on any atom is 0.0900 e. The molecule has 0 amide bonds. The summed E-state index contributed by atoms with van der Waals surface area (Å²) in [5.41, 5.74) is 0. The Balaban J connectivity index is 2.17. The van der Waals surface area contributed by atoms with Gasteiger partial charge in [-0.1, -0.05) is 19.3 Å². The average Bonchev–Trinajstić information content (AvgIpc) is 2.27. The molecule has 0 spiro atoms. The van der Waals surface area contributed by atoms with Crippen molar-refractivity contribution >= 4 is 0 Å². The highest BCUT2D eigenvalue weighted by Crippen LogP contribution is 2.21. The van der Waals surface area contributed by atoms with Crippen molar-refractivity contribution in [3.05, 3.63) is 0 Å². The summed E-state index contributed by atoms with van der Waals surface area (Å²) in [5, 5.41) is 9.71. The summed E-state index contributed by atoms with van der Waals surface area (Å²) < 4.78 is 5.21. The fraction of sp³-hybridized carbons (Fsp3) is 1.00.